The van der Waals surface area contributed by atoms with E-state index in [1.54, 1.807) is 0 Å². The number of aryl methyl sites for hydroxylation is 1. The Bertz CT molecular complexity index is 764. The molecule has 2 aliphatic heterocycles. The maximum Gasteiger partial charge on any atom is 0.289 e. The lowest BCUT2D eigenvalue weighted by atomic mass is 10.0. The summed E-state index contributed by atoms with van der Waals surface area (Å²) in [5.41, 5.74) is 1.73. The third kappa shape index (κ3) is 2.88. The Morgan fingerprint density at radius 3 is 2.79 bits per heavy atom. The average molecular weight is 391 g/mol. The Morgan fingerprint density at radius 1 is 1.21 bits per heavy atom. The molecule has 3 heterocycles. The highest BCUT2D eigenvalue weighted by molar-refractivity contribution is 9.10. The number of hydrogen-bond acceptors (Lipinski definition) is 3. The number of benzene rings is 1. The Labute approximate surface area is 150 Å². The number of amides is 1. The number of carbonyl (C=O) groups is 1. The van der Waals surface area contributed by atoms with E-state index in [0.717, 1.165) is 40.5 Å². The molecule has 2 aromatic rings. The minimum absolute atomic E-state index is 0.0451. The summed E-state index contributed by atoms with van der Waals surface area (Å²) in [5, 5.41) is 1.01. The van der Waals surface area contributed by atoms with Crippen LogP contribution in [0.15, 0.2) is 27.1 Å². The second-order valence-electron chi connectivity index (χ2n) is 6.99. The van der Waals surface area contributed by atoms with E-state index in [2.05, 4.69) is 20.8 Å². The molecule has 0 bridgehead atoms. The van der Waals surface area contributed by atoms with Gasteiger partial charge in [0.15, 0.2) is 5.76 Å². The smallest absolute Gasteiger partial charge is 0.289 e. The predicted molar refractivity (Wildman–Crippen MR) is 98.4 cm³/mol. The van der Waals surface area contributed by atoms with Gasteiger partial charge in [-0.1, -0.05) is 15.9 Å². The SMILES string of the molecule is Cc1c(C(=O)N2CCCC(N3CCCC3)C2)oc2ccc(Br)cc12. The third-order valence-corrected chi connectivity index (χ3v) is 5.93. The van der Waals surface area contributed by atoms with Crippen molar-refractivity contribution in [3.05, 3.63) is 34.0 Å². The molecule has 2 fully saturated rings. The van der Waals surface area contributed by atoms with Crippen LogP contribution in [-0.4, -0.2) is 47.9 Å². The van der Waals surface area contributed by atoms with Crippen LogP contribution in [-0.2, 0) is 0 Å². The molecule has 5 heteroatoms. The van der Waals surface area contributed by atoms with Crippen molar-refractivity contribution in [2.45, 2.75) is 38.6 Å². The molecule has 0 radical (unpaired) electrons. The largest absolute Gasteiger partial charge is 0.451 e. The van der Waals surface area contributed by atoms with Gasteiger partial charge in [0.05, 0.1) is 0 Å². The zero-order valence-electron chi connectivity index (χ0n) is 14.1. The van der Waals surface area contributed by atoms with Crippen LogP contribution in [0.3, 0.4) is 0 Å². The Kier molecular flexibility index (Phi) is 4.39. The van der Waals surface area contributed by atoms with Gasteiger partial charge in [0, 0.05) is 34.6 Å². The first-order chi connectivity index (χ1) is 11.6. The van der Waals surface area contributed by atoms with Gasteiger partial charge in [-0.25, -0.2) is 0 Å². The van der Waals surface area contributed by atoms with Gasteiger partial charge in [0.2, 0.25) is 0 Å². The molecule has 1 aromatic heterocycles. The number of hydrogen-bond donors (Lipinski definition) is 0. The van der Waals surface area contributed by atoms with E-state index in [4.69, 9.17) is 4.42 Å². The molecule has 0 spiro atoms. The summed E-state index contributed by atoms with van der Waals surface area (Å²) in [7, 11) is 0. The Morgan fingerprint density at radius 2 is 2.00 bits per heavy atom. The molecule has 24 heavy (non-hydrogen) atoms. The van der Waals surface area contributed by atoms with Crippen LogP contribution in [0, 0.1) is 6.92 Å². The molecule has 1 amide bonds. The molecular weight excluding hydrogens is 368 g/mol. The summed E-state index contributed by atoms with van der Waals surface area (Å²) < 4.78 is 6.91. The van der Waals surface area contributed by atoms with E-state index in [-0.39, 0.29) is 5.91 Å². The molecule has 128 valence electrons. The van der Waals surface area contributed by atoms with Crippen LogP contribution in [0.25, 0.3) is 11.0 Å². The summed E-state index contributed by atoms with van der Waals surface area (Å²) >= 11 is 3.49. The van der Waals surface area contributed by atoms with Gasteiger partial charge in [-0.3, -0.25) is 9.69 Å². The van der Waals surface area contributed by atoms with Crippen LogP contribution in [0.4, 0.5) is 0 Å². The second kappa shape index (κ2) is 6.52. The highest BCUT2D eigenvalue weighted by Crippen LogP contribution is 2.30. The van der Waals surface area contributed by atoms with E-state index >= 15 is 0 Å². The summed E-state index contributed by atoms with van der Waals surface area (Å²) in [6.07, 6.45) is 4.87. The van der Waals surface area contributed by atoms with Crippen molar-refractivity contribution in [1.29, 1.82) is 0 Å². The van der Waals surface area contributed by atoms with Crippen molar-refractivity contribution in [2.24, 2.45) is 0 Å². The highest BCUT2D eigenvalue weighted by Gasteiger charge is 2.31. The topological polar surface area (TPSA) is 36.7 Å². The first-order valence-electron chi connectivity index (χ1n) is 8.85. The Balaban J connectivity index is 1.57. The minimum atomic E-state index is 0.0451. The lowest BCUT2D eigenvalue weighted by Crippen LogP contribution is -2.49. The lowest BCUT2D eigenvalue weighted by molar-refractivity contribution is 0.0579. The molecule has 2 saturated heterocycles. The molecule has 1 aromatic carbocycles. The van der Waals surface area contributed by atoms with Crippen molar-refractivity contribution >= 4 is 32.8 Å². The third-order valence-electron chi connectivity index (χ3n) is 5.43. The fourth-order valence-electron chi connectivity index (χ4n) is 4.08. The van der Waals surface area contributed by atoms with E-state index in [1.165, 1.54) is 32.4 Å². The fraction of sp³-hybridized carbons (Fsp3) is 0.526. The number of nitrogens with zero attached hydrogens (tertiary/aromatic N) is 2. The van der Waals surface area contributed by atoms with Gasteiger partial charge < -0.3 is 9.32 Å². The van der Waals surface area contributed by atoms with Crippen LogP contribution in [0.5, 0.6) is 0 Å². The summed E-state index contributed by atoms with van der Waals surface area (Å²) in [4.78, 5) is 17.6. The van der Waals surface area contributed by atoms with Crippen LogP contribution >= 0.6 is 15.9 Å². The maximum absolute atomic E-state index is 13.0. The van der Waals surface area contributed by atoms with Crippen LogP contribution in [0.2, 0.25) is 0 Å². The van der Waals surface area contributed by atoms with Gasteiger partial charge in [0.1, 0.15) is 5.58 Å². The molecule has 2 aliphatic rings. The fourth-order valence-corrected chi connectivity index (χ4v) is 4.45. The number of halogens is 1. The normalized spacial score (nSPS) is 22.4. The maximum atomic E-state index is 13.0. The number of carbonyl (C=O) groups excluding carboxylic acids is 1. The van der Waals surface area contributed by atoms with E-state index in [1.807, 2.05) is 30.0 Å². The molecule has 4 rings (SSSR count). The summed E-state index contributed by atoms with van der Waals surface area (Å²) in [6.45, 7) is 6.02. The van der Waals surface area contributed by atoms with Gasteiger partial charge >= 0.3 is 0 Å². The summed E-state index contributed by atoms with van der Waals surface area (Å²) in [6, 6.07) is 6.41. The molecule has 0 saturated carbocycles. The minimum Gasteiger partial charge on any atom is -0.451 e. The van der Waals surface area contributed by atoms with E-state index < -0.39 is 0 Å². The Hall–Kier alpha value is -1.33. The molecule has 0 N–H and O–H groups in total. The summed E-state index contributed by atoms with van der Waals surface area (Å²) in [5.74, 6) is 0.550. The number of likely N-dealkylation sites (tertiary alicyclic amines) is 2. The van der Waals surface area contributed by atoms with Crippen molar-refractivity contribution in [2.75, 3.05) is 26.2 Å². The second-order valence-corrected chi connectivity index (χ2v) is 7.90. The first kappa shape index (κ1) is 16.2. The zero-order valence-corrected chi connectivity index (χ0v) is 15.6. The van der Waals surface area contributed by atoms with Gasteiger partial charge in [-0.05, 0) is 63.9 Å². The molecular formula is C19H23BrN2O2. The highest BCUT2D eigenvalue weighted by atomic mass is 79.9. The number of fused-ring (bicyclic) bond motifs is 1. The van der Waals surface area contributed by atoms with Crippen LogP contribution < -0.4 is 0 Å². The monoisotopic (exact) mass is 390 g/mol. The average Bonchev–Trinajstić information content (AvgIpc) is 3.24. The van der Waals surface area contributed by atoms with E-state index in [9.17, 15) is 4.79 Å². The van der Waals surface area contributed by atoms with Crippen molar-refractivity contribution in [3.63, 3.8) is 0 Å². The number of rotatable bonds is 2. The van der Waals surface area contributed by atoms with E-state index in [0.29, 0.717) is 11.8 Å². The standard InChI is InChI=1S/C19H23BrN2O2/c1-13-16-11-14(20)6-7-17(16)24-18(13)19(23)22-10-4-5-15(12-22)21-8-2-3-9-21/h6-7,11,15H,2-5,8-10,12H2,1H3. The zero-order chi connectivity index (χ0) is 16.7. The lowest BCUT2D eigenvalue weighted by Gasteiger charge is -2.37. The molecule has 1 unspecified atom stereocenters. The van der Waals surface area contributed by atoms with Gasteiger partial charge in [0.25, 0.3) is 5.91 Å². The van der Waals surface area contributed by atoms with Crippen molar-refractivity contribution in [3.8, 4) is 0 Å². The number of piperidine rings is 1. The molecule has 1 atom stereocenters. The van der Waals surface area contributed by atoms with Crippen molar-refractivity contribution in [1.82, 2.24) is 9.80 Å². The molecule has 4 nitrogen and oxygen atoms in total. The number of furan rings is 1. The van der Waals surface area contributed by atoms with Crippen LogP contribution in [0.1, 0.15) is 41.8 Å². The first-order valence-corrected chi connectivity index (χ1v) is 9.65. The quantitative estimate of drug-likeness (QED) is 0.770. The van der Waals surface area contributed by atoms with Gasteiger partial charge in [-0.2, -0.15) is 0 Å². The van der Waals surface area contributed by atoms with Gasteiger partial charge in [-0.15, -0.1) is 0 Å². The predicted octanol–water partition coefficient (Wildman–Crippen LogP) is 4.20. The molecule has 0 aliphatic carbocycles. The van der Waals surface area contributed by atoms with Crippen molar-refractivity contribution < 1.29 is 9.21 Å².